The molecule has 0 aliphatic carbocycles. The van der Waals surface area contributed by atoms with Gasteiger partial charge in [-0.1, -0.05) is 33.3 Å². The Morgan fingerprint density at radius 1 is 1.37 bits per heavy atom. The minimum atomic E-state index is 0.594. The van der Waals surface area contributed by atoms with Crippen molar-refractivity contribution in [2.24, 2.45) is 5.92 Å². The fourth-order valence-electron chi connectivity index (χ4n) is 2.06. The molecule has 0 spiro atoms. The molecule has 0 heterocycles. The van der Waals surface area contributed by atoms with Crippen molar-refractivity contribution in [1.29, 1.82) is 5.26 Å². The van der Waals surface area contributed by atoms with Crippen LogP contribution in [0.4, 0.5) is 0 Å². The SMILES string of the molecule is CCC(C)CN(CC)Cc1ccc(C#N)c(OC)c1. The molecule has 1 atom stereocenters. The molecule has 1 aromatic carbocycles. The first kappa shape index (κ1) is 15.5. The number of ether oxygens (including phenoxy) is 1. The summed E-state index contributed by atoms with van der Waals surface area (Å²) >= 11 is 0. The monoisotopic (exact) mass is 260 g/mol. The number of benzene rings is 1. The molecule has 1 aromatic rings. The zero-order valence-electron chi connectivity index (χ0n) is 12.4. The van der Waals surface area contributed by atoms with Gasteiger partial charge >= 0.3 is 0 Å². The van der Waals surface area contributed by atoms with Gasteiger partial charge in [0.15, 0.2) is 0 Å². The Balaban J connectivity index is 2.77. The predicted octanol–water partition coefficient (Wildman–Crippen LogP) is 3.43. The lowest BCUT2D eigenvalue weighted by atomic mass is 10.1. The second-order valence-electron chi connectivity index (χ2n) is 4.99. The Hall–Kier alpha value is -1.53. The molecule has 0 aliphatic rings. The summed E-state index contributed by atoms with van der Waals surface area (Å²) in [4.78, 5) is 2.43. The van der Waals surface area contributed by atoms with Gasteiger partial charge in [0.25, 0.3) is 0 Å². The van der Waals surface area contributed by atoms with Gasteiger partial charge in [0.05, 0.1) is 12.7 Å². The summed E-state index contributed by atoms with van der Waals surface area (Å²) < 4.78 is 5.25. The molecule has 0 amide bonds. The van der Waals surface area contributed by atoms with Gasteiger partial charge in [-0.2, -0.15) is 5.26 Å². The summed E-state index contributed by atoms with van der Waals surface area (Å²) in [5, 5.41) is 8.98. The topological polar surface area (TPSA) is 36.3 Å². The minimum absolute atomic E-state index is 0.594. The van der Waals surface area contributed by atoms with E-state index in [0.29, 0.717) is 17.2 Å². The Labute approximate surface area is 116 Å². The summed E-state index contributed by atoms with van der Waals surface area (Å²) in [6.45, 7) is 9.74. The van der Waals surface area contributed by atoms with Crippen LogP contribution in [0.25, 0.3) is 0 Å². The molecule has 0 bridgehead atoms. The highest BCUT2D eigenvalue weighted by Crippen LogP contribution is 2.20. The van der Waals surface area contributed by atoms with Gasteiger partial charge in [-0.05, 0) is 30.2 Å². The standard InChI is InChI=1S/C16H24N2O/c1-5-13(3)11-18(6-2)12-14-7-8-15(10-17)16(9-14)19-4/h7-9,13H,5-6,11-12H2,1-4H3. The van der Waals surface area contributed by atoms with Crippen LogP contribution >= 0.6 is 0 Å². The molecule has 0 N–H and O–H groups in total. The molecule has 19 heavy (non-hydrogen) atoms. The van der Waals surface area contributed by atoms with E-state index in [1.165, 1.54) is 12.0 Å². The number of rotatable bonds is 7. The average molecular weight is 260 g/mol. The molecular weight excluding hydrogens is 236 g/mol. The molecule has 3 nitrogen and oxygen atoms in total. The van der Waals surface area contributed by atoms with E-state index in [0.717, 1.165) is 19.6 Å². The third kappa shape index (κ3) is 4.57. The van der Waals surface area contributed by atoms with E-state index < -0.39 is 0 Å². The van der Waals surface area contributed by atoms with Crippen LogP contribution in [-0.2, 0) is 6.54 Å². The fourth-order valence-corrected chi connectivity index (χ4v) is 2.06. The number of methoxy groups -OCH3 is 1. The van der Waals surface area contributed by atoms with E-state index in [2.05, 4.69) is 31.7 Å². The van der Waals surface area contributed by atoms with Crippen molar-refractivity contribution in [1.82, 2.24) is 4.90 Å². The van der Waals surface area contributed by atoms with Gasteiger partial charge < -0.3 is 4.74 Å². The first-order chi connectivity index (χ1) is 9.14. The first-order valence-corrected chi connectivity index (χ1v) is 6.93. The van der Waals surface area contributed by atoms with Crippen molar-refractivity contribution in [2.75, 3.05) is 20.2 Å². The maximum atomic E-state index is 8.98. The minimum Gasteiger partial charge on any atom is -0.495 e. The summed E-state index contributed by atoms with van der Waals surface area (Å²) in [5.74, 6) is 1.37. The molecule has 0 saturated heterocycles. The lowest BCUT2D eigenvalue weighted by Crippen LogP contribution is -2.27. The Morgan fingerprint density at radius 3 is 2.63 bits per heavy atom. The van der Waals surface area contributed by atoms with E-state index >= 15 is 0 Å². The Kier molecular flexibility index (Phi) is 6.38. The molecule has 0 aliphatic heterocycles. The molecule has 0 saturated carbocycles. The number of nitrogens with zero attached hydrogens (tertiary/aromatic N) is 2. The molecule has 1 unspecified atom stereocenters. The van der Waals surface area contributed by atoms with Gasteiger partial charge in [0.1, 0.15) is 11.8 Å². The van der Waals surface area contributed by atoms with Crippen LogP contribution < -0.4 is 4.74 Å². The smallest absolute Gasteiger partial charge is 0.136 e. The molecular formula is C16H24N2O. The van der Waals surface area contributed by atoms with E-state index in [4.69, 9.17) is 10.00 Å². The fraction of sp³-hybridized carbons (Fsp3) is 0.562. The van der Waals surface area contributed by atoms with Gasteiger partial charge in [0, 0.05) is 13.1 Å². The number of hydrogen-bond donors (Lipinski definition) is 0. The highest BCUT2D eigenvalue weighted by atomic mass is 16.5. The van der Waals surface area contributed by atoms with Crippen molar-refractivity contribution in [3.05, 3.63) is 29.3 Å². The van der Waals surface area contributed by atoms with Crippen LogP contribution in [-0.4, -0.2) is 25.1 Å². The van der Waals surface area contributed by atoms with Crippen LogP contribution in [0.5, 0.6) is 5.75 Å². The zero-order chi connectivity index (χ0) is 14.3. The number of hydrogen-bond acceptors (Lipinski definition) is 3. The van der Waals surface area contributed by atoms with Crippen LogP contribution in [0.15, 0.2) is 18.2 Å². The molecule has 0 radical (unpaired) electrons. The lowest BCUT2D eigenvalue weighted by molar-refractivity contribution is 0.238. The quantitative estimate of drug-likeness (QED) is 0.753. The third-order valence-corrected chi connectivity index (χ3v) is 3.51. The third-order valence-electron chi connectivity index (χ3n) is 3.51. The van der Waals surface area contributed by atoms with Crippen molar-refractivity contribution in [3.63, 3.8) is 0 Å². The lowest BCUT2D eigenvalue weighted by Gasteiger charge is -2.24. The van der Waals surface area contributed by atoms with Gasteiger partial charge in [0.2, 0.25) is 0 Å². The average Bonchev–Trinajstić information content (AvgIpc) is 2.45. The van der Waals surface area contributed by atoms with E-state index in [1.807, 2.05) is 18.2 Å². The molecule has 0 aromatic heterocycles. The second kappa shape index (κ2) is 7.81. The Bertz CT molecular complexity index is 437. The van der Waals surface area contributed by atoms with Crippen molar-refractivity contribution in [2.45, 2.75) is 33.7 Å². The summed E-state index contributed by atoms with van der Waals surface area (Å²) in [6.07, 6.45) is 1.20. The highest BCUT2D eigenvalue weighted by molar-refractivity contribution is 5.45. The van der Waals surface area contributed by atoms with E-state index in [-0.39, 0.29) is 0 Å². The molecule has 104 valence electrons. The van der Waals surface area contributed by atoms with E-state index in [9.17, 15) is 0 Å². The summed E-state index contributed by atoms with van der Waals surface area (Å²) in [7, 11) is 1.61. The van der Waals surface area contributed by atoms with Crippen molar-refractivity contribution >= 4 is 0 Å². The summed E-state index contributed by atoms with van der Waals surface area (Å²) in [5.41, 5.74) is 1.79. The predicted molar refractivity (Wildman–Crippen MR) is 78.1 cm³/mol. The van der Waals surface area contributed by atoms with E-state index in [1.54, 1.807) is 7.11 Å². The maximum Gasteiger partial charge on any atom is 0.136 e. The summed E-state index contributed by atoms with van der Waals surface area (Å²) in [6, 6.07) is 7.97. The highest BCUT2D eigenvalue weighted by Gasteiger charge is 2.10. The zero-order valence-corrected chi connectivity index (χ0v) is 12.4. The molecule has 3 heteroatoms. The first-order valence-electron chi connectivity index (χ1n) is 6.93. The van der Waals surface area contributed by atoms with Gasteiger partial charge in [-0.25, -0.2) is 0 Å². The maximum absolute atomic E-state index is 8.98. The second-order valence-corrected chi connectivity index (χ2v) is 4.99. The van der Waals surface area contributed by atoms with Crippen molar-refractivity contribution in [3.8, 4) is 11.8 Å². The molecule has 1 rings (SSSR count). The van der Waals surface area contributed by atoms with Gasteiger partial charge in [-0.3, -0.25) is 4.90 Å². The largest absolute Gasteiger partial charge is 0.495 e. The van der Waals surface area contributed by atoms with Crippen LogP contribution in [0.1, 0.15) is 38.3 Å². The Morgan fingerprint density at radius 2 is 2.11 bits per heavy atom. The van der Waals surface area contributed by atoms with Crippen LogP contribution in [0, 0.1) is 17.2 Å². The van der Waals surface area contributed by atoms with Crippen LogP contribution in [0.3, 0.4) is 0 Å². The van der Waals surface area contributed by atoms with Crippen molar-refractivity contribution < 1.29 is 4.74 Å². The normalized spacial score (nSPS) is 12.2. The molecule has 0 fully saturated rings. The van der Waals surface area contributed by atoms with Crippen LogP contribution in [0.2, 0.25) is 0 Å². The van der Waals surface area contributed by atoms with Gasteiger partial charge in [-0.15, -0.1) is 0 Å². The number of nitriles is 1.